The molecule has 3 heteroatoms. The van der Waals surface area contributed by atoms with Crippen LogP contribution in [-0.4, -0.2) is 4.57 Å². The van der Waals surface area contributed by atoms with Crippen LogP contribution >= 0.6 is 0 Å². The average Bonchev–Trinajstić information content (AvgIpc) is 3.90. The van der Waals surface area contributed by atoms with E-state index >= 15 is 0 Å². The Morgan fingerprint density at radius 3 is 1.66 bits per heavy atom. The van der Waals surface area contributed by atoms with Gasteiger partial charge in [-0.1, -0.05) is 177 Å². The minimum absolute atomic E-state index is 0.601. The second-order valence-electron chi connectivity index (χ2n) is 17.4. The molecule has 1 unspecified atom stereocenters. The van der Waals surface area contributed by atoms with Crippen molar-refractivity contribution in [1.29, 1.82) is 0 Å². The van der Waals surface area contributed by atoms with Crippen molar-refractivity contribution in [2.45, 2.75) is 5.41 Å². The van der Waals surface area contributed by atoms with Crippen LogP contribution in [0.25, 0.3) is 61.9 Å². The molecule has 12 rings (SSSR count). The number of benzene rings is 10. The number of fused-ring (bicyclic) bond motifs is 6. The van der Waals surface area contributed by atoms with Crippen LogP contribution in [0, 0.1) is 0 Å². The number of hydrogen-bond donors (Lipinski definition) is 0. The largest absolute Gasteiger partial charge is 0.457 e. The maximum atomic E-state index is 6.37. The summed E-state index contributed by atoms with van der Waals surface area (Å²) >= 11 is 0. The van der Waals surface area contributed by atoms with Gasteiger partial charge in [0, 0.05) is 33.5 Å². The molecule has 1 atom stereocenters. The molecule has 322 valence electrons. The Morgan fingerprint density at radius 2 is 0.941 bits per heavy atom. The van der Waals surface area contributed by atoms with Gasteiger partial charge < -0.3 is 14.2 Å². The van der Waals surface area contributed by atoms with E-state index in [4.69, 9.17) is 4.74 Å². The van der Waals surface area contributed by atoms with Crippen LogP contribution in [0.5, 0.6) is 11.5 Å². The van der Waals surface area contributed by atoms with E-state index in [1.807, 2.05) is 36.4 Å². The van der Waals surface area contributed by atoms with Crippen molar-refractivity contribution in [1.82, 2.24) is 4.57 Å². The smallest absolute Gasteiger partial charge is 0.127 e. The van der Waals surface area contributed by atoms with Crippen LogP contribution in [-0.2, 0) is 5.41 Å². The van der Waals surface area contributed by atoms with Crippen molar-refractivity contribution in [2.24, 2.45) is 0 Å². The maximum Gasteiger partial charge on any atom is 0.127 e. The first kappa shape index (κ1) is 40.6. The molecule has 0 radical (unpaired) electrons. The zero-order chi connectivity index (χ0) is 45.6. The Labute approximate surface area is 397 Å². The Balaban J connectivity index is 0.961. The quantitative estimate of drug-likeness (QED) is 0.129. The minimum Gasteiger partial charge on any atom is -0.457 e. The van der Waals surface area contributed by atoms with Gasteiger partial charge in [0.25, 0.3) is 0 Å². The first-order valence-corrected chi connectivity index (χ1v) is 23.1. The van der Waals surface area contributed by atoms with Crippen molar-refractivity contribution in [3.63, 3.8) is 0 Å². The average molecular weight is 871 g/mol. The van der Waals surface area contributed by atoms with Gasteiger partial charge in [-0.25, -0.2) is 0 Å². The van der Waals surface area contributed by atoms with Crippen molar-refractivity contribution in [3.05, 3.63) is 289 Å². The van der Waals surface area contributed by atoms with Gasteiger partial charge in [0.15, 0.2) is 0 Å². The lowest BCUT2D eigenvalue weighted by Crippen LogP contribution is -2.28. The summed E-state index contributed by atoms with van der Waals surface area (Å²) in [4.78, 5) is 2.38. The van der Waals surface area contributed by atoms with E-state index in [-0.39, 0.29) is 0 Å². The number of rotatable bonds is 11. The van der Waals surface area contributed by atoms with Gasteiger partial charge in [0.05, 0.1) is 16.4 Å². The van der Waals surface area contributed by atoms with Crippen LogP contribution in [0.3, 0.4) is 0 Å². The number of anilines is 3. The van der Waals surface area contributed by atoms with E-state index in [9.17, 15) is 0 Å². The molecular weight excluding hydrogens is 825 g/mol. The molecule has 0 saturated carbocycles. The van der Waals surface area contributed by atoms with Crippen LogP contribution in [0.1, 0.15) is 33.4 Å². The lowest BCUT2D eigenvalue weighted by Gasteiger charge is -2.35. The zero-order valence-corrected chi connectivity index (χ0v) is 37.5. The highest BCUT2D eigenvalue weighted by Gasteiger charge is 2.46. The third-order valence-electron chi connectivity index (χ3n) is 13.7. The fourth-order valence-corrected chi connectivity index (χ4v) is 10.5. The summed E-state index contributed by atoms with van der Waals surface area (Å²) in [6.45, 7) is 7.85. The summed E-state index contributed by atoms with van der Waals surface area (Å²) in [5.41, 5.74) is 17.9. The predicted octanol–water partition coefficient (Wildman–Crippen LogP) is 17.4. The van der Waals surface area contributed by atoms with Gasteiger partial charge in [0.2, 0.25) is 0 Å². The van der Waals surface area contributed by atoms with E-state index in [0.717, 1.165) is 50.9 Å². The monoisotopic (exact) mass is 870 g/mol. The van der Waals surface area contributed by atoms with E-state index in [1.54, 1.807) is 0 Å². The molecule has 0 bridgehead atoms. The molecule has 0 N–H and O–H groups in total. The Kier molecular flexibility index (Phi) is 10.0. The predicted molar refractivity (Wildman–Crippen MR) is 285 cm³/mol. The lowest BCUT2D eigenvalue weighted by atomic mass is 9.67. The van der Waals surface area contributed by atoms with E-state index in [2.05, 4.69) is 241 Å². The molecule has 1 aliphatic carbocycles. The first-order valence-electron chi connectivity index (χ1n) is 23.1. The summed E-state index contributed by atoms with van der Waals surface area (Å²) in [7, 11) is 0. The number of para-hydroxylation sites is 2. The highest BCUT2D eigenvalue weighted by Crippen LogP contribution is 2.57. The van der Waals surface area contributed by atoms with Gasteiger partial charge in [-0.15, -0.1) is 0 Å². The molecule has 11 aromatic rings. The van der Waals surface area contributed by atoms with Crippen molar-refractivity contribution < 1.29 is 4.74 Å². The normalized spacial score (nSPS) is 13.8. The fraction of sp³-hybridized carbons (Fsp3) is 0.0154. The topological polar surface area (TPSA) is 17.4 Å². The fourth-order valence-electron chi connectivity index (χ4n) is 10.5. The van der Waals surface area contributed by atoms with Gasteiger partial charge in [-0.05, 0) is 147 Å². The molecular formula is C65H46N2O. The molecule has 0 spiro atoms. The van der Waals surface area contributed by atoms with Crippen molar-refractivity contribution >= 4 is 51.0 Å². The number of aromatic nitrogens is 1. The first-order chi connectivity index (χ1) is 33.6. The minimum atomic E-state index is -0.601. The second-order valence-corrected chi connectivity index (χ2v) is 17.4. The molecule has 10 aromatic carbocycles. The Hall–Kier alpha value is -8.92. The summed E-state index contributed by atoms with van der Waals surface area (Å²) < 4.78 is 8.73. The third kappa shape index (κ3) is 6.75. The molecule has 68 heavy (non-hydrogen) atoms. The number of ether oxygens (including phenoxy) is 1. The van der Waals surface area contributed by atoms with Crippen LogP contribution in [0.15, 0.2) is 256 Å². The highest BCUT2D eigenvalue weighted by atomic mass is 16.5. The molecule has 0 amide bonds. The van der Waals surface area contributed by atoms with Crippen molar-refractivity contribution in [3.8, 4) is 39.4 Å². The van der Waals surface area contributed by atoms with Gasteiger partial charge in [-0.2, -0.15) is 0 Å². The van der Waals surface area contributed by atoms with Gasteiger partial charge in [0.1, 0.15) is 11.5 Å². The summed E-state index contributed by atoms with van der Waals surface area (Å²) in [6.07, 6.45) is 3.73. The van der Waals surface area contributed by atoms with Gasteiger partial charge in [-0.3, -0.25) is 0 Å². The summed E-state index contributed by atoms with van der Waals surface area (Å²) in [5.74, 6) is 1.57. The van der Waals surface area contributed by atoms with Gasteiger partial charge >= 0.3 is 0 Å². The molecule has 3 nitrogen and oxygen atoms in total. The second kappa shape index (κ2) is 16.8. The van der Waals surface area contributed by atoms with Crippen LogP contribution in [0.2, 0.25) is 0 Å². The van der Waals surface area contributed by atoms with E-state index in [0.29, 0.717) is 0 Å². The Bertz CT molecular complexity index is 3650. The van der Waals surface area contributed by atoms with Crippen LogP contribution < -0.4 is 9.64 Å². The standard InChI is InChI=1S/C65H46N2O/c1-3-45-23-32-53(33-24-45)67-63-22-14-12-20-59(63)60-43-48(29-42-64(60)67)47-27-34-52(35-28-47)66(51-17-9-6-10-18-51)54-36-41-58-57-19-11-13-21-61(57)65(62(58)44-54,49-15-7-5-8-16-49)50-30-39-56(40-31-50)68-55-37-25-46(4-2)26-38-55/h3-44H,1-2H2. The third-order valence-corrected chi connectivity index (χ3v) is 13.7. The number of nitrogens with zero attached hydrogens (tertiary/aromatic N) is 2. The lowest BCUT2D eigenvalue weighted by molar-refractivity contribution is 0.482. The maximum absolute atomic E-state index is 6.37. The molecule has 1 aliphatic rings. The number of hydrogen-bond acceptors (Lipinski definition) is 2. The van der Waals surface area contributed by atoms with E-state index in [1.165, 1.54) is 60.8 Å². The molecule has 1 heterocycles. The van der Waals surface area contributed by atoms with Crippen molar-refractivity contribution in [2.75, 3.05) is 4.90 Å². The van der Waals surface area contributed by atoms with E-state index < -0.39 is 5.41 Å². The molecule has 1 aromatic heterocycles. The highest BCUT2D eigenvalue weighted by molar-refractivity contribution is 6.10. The molecule has 0 aliphatic heterocycles. The molecule has 0 fully saturated rings. The molecule has 0 saturated heterocycles. The summed E-state index contributed by atoms with van der Waals surface area (Å²) in [5, 5.41) is 2.45. The van der Waals surface area contributed by atoms with Crippen LogP contribution in [0.4, 0.5) is 17.1 Å². The summed E-state index contributed by atoms with van der Waals surface area (Å²) in [6, 6.07) is 87.4. The Morgan fingerprint density at radius 1 is 0.397 bits per heavy atom. The zero-order valence-electron chi connectivity index (χ0n) is 37.5. The SMILES string of the molecule is C=Cc1ccc(Oc2ccc(C3(c4ccccc4)c4ccccc4-c4ccc(N(c5ccccc5)c5ccc(-c6ccc7c(c6)c6ccccc6n7-c6ccc(C=C)cc6)cc5)cc43)cc2)cc1.